The molecule has 0 aliphatic heterocycles. The van der Waals surface area contributed by atoms with Crippen LogP contribution in [0.3, 0.4) is 0 Å². The fraction of sp³-hybridized carbons (Fsp3) is 0.500. The number of nitrogens with zero attached hydrogens (tertiary/aromatic N) is 4. The summed E-state index contributed by atoms with van der Waals surface area (Å²) in [5.41, 5.74) is -3.60. The molecule has 0 atom stereocenters. The molecule has 3 aromatic rings. The van der Waals surface area contributed by atoms with Gasteiger partial charge in [0.1, 0.15) is 22.6 Å². The molecule has 3 rings (SSSR count). The summed E-state index contributed by atoms with van der Waals surface area (Å²) in [6.45, 7) is 14.6. The Labute approximate surface area is 304 Å². The van der Waals surface area contributed by atoms with Crippen molar-refractivity contribution in [3.63, 3.8) is 0 Å². The number of carbonyl (C=O) groups is 2. The van der Waals surface area contributed by atoms with Crippen molar-refractivity contribution >= 4 is 12.2 Å². The second-order valence-electron chi connectivity index (χ2n) is 14.4. The average molecular weight is 715 g/mol. The van der Waals surface area contributed by atoms with E-state index in [0.717, 1.165) is 50.7 Å². The van der Waals surface area contributed by atoms with E-state index >= 15 is 0 Å². The Bertz CT molecular complexity index is 1960. The van der Waals surface area contributed by atoms with Gasteiger partial charge in [0, 0.05) is 36.3 Å². The molecule has 0 aliphatic carbocycles. The molecule has 0 radical (unpaired) electrons. The third kappa shape index (κ3) is 11.9. The summed E-state index contributed by atoms with van der Waals surface area (Å²) >= 11 is 0. The first kappa shape index (κ1) is 41.1. The van der Waals surface area contributed by atoms with E-state index in [4.69, 9.17) is 9.47 Å². The van der Waals surface area contributed by atoms with Gasteiger partial charge in [0.15, 0.2) is 0 Å². The Hall–Kier alpha value is -5.36. The average Bonchev–Trinajstić information content (AvgIpc) is 3.03. The first-order valence-corrected chi connectivity index (χ1v) is 17.8. The number of rotatable bonds is 10. The van der Waals surface area contributed by atoms with E-state index in [1.165, 1.54) is 9.13 Å². The molecular formula is C40H50N4O8. The number of hydrogen-bond donors (Lipinski definition) is 0. The van der Waals surface area contributed by atoms with E-state index in [-0.39, 0.29) is 24.5 Å². The van der Waals surface area contributed by atoms with Gasteiger partial charge in [-0.15, -0.1) is 0 Å². The third-order valence-corrected chi connectivity index (χ3v) is 7.56. The van der Waals surface area contributed by atoms with Gasteiger partial charge in [0.25, 0.3) is 11.1 Å². The number of ether oxygens (including phenoxy) is 2. The maximum Gasteiger partial charge on any atom is 0.425 e. The first-order valence-electron chi connectivity index (χ1n) is 17.8. The Morgan fingerprint density at radius 3 is 1.21 bits per heavy atom. The summed E-state index contributed by atoms with van der Waals surface area (Å²) < 4.78 is 14.2. The fourth-order valence-corrected chi connectivity index (χ4v) is 5.05. The Morgan fingerprint density at radius 1 is 0.558 bits per heavy atom. The monoisotopic (exact) mass is 714 g/mol. The molecule has 0 aliphatic rings. The molecule has 52 heavy (non-hydrogen) atoms. The van der Waals surface area contributed by atoms with Crippen molar-refractivity contribution in [3.8, 4) is 23.7 Å². The van der Waals surface area contributed by atoms with Crippen molar-refractivity contribution in [2.75, 3.05) is 0 Å². The largest absolute Gasteiger partial charge is 0.443 e. The molecule has 2 aromatic heterocycles. The van der Waals surface area contributed by atoms with Crippen LogP contribution >= 0.6 is 0 Å². The maximum absolute atomic E-state index is 13.4. The lowest BCUT2D eigenvalue weighted by Gasteiger charge is -2.20. The van der Waals surface area contributed by atoms with Crippen molar-refractivity contribution < 1.29 is 19.1 Å². The Morgan fingerprint density at radius 2 is 0.904 bits per heavy atom. The van der Waals surface area contributed by atoms with Gasteiger partial charge in [-0.25, -0.2) is 19.2 Å². The number of unbranched alkanes of at least 4 members (excludes halogenated alkanes) is 6. The zero-order valence-electron chi connectivity index (χ0n) is 31.6. The van der Waals surface area contributed by atoms with E-state index in [2.05, 4.69) is 37.5 Å². The Kier molecular flexibility index (Phi) is 14.4. The molecule has 0 spiro atoms. The fourth-order valence-electron chi connectivity index (χ4n) is 5.05. The predicted molar refractivity (Wildman–Crippen MR) is 200 cm³/mol. The zero-order chi connectivity index (χ0) is 38.6. The van der Waals surface area contributed by atoms with Crippen LogP contribution < -0.4 is 22.5 Å². The van der Waals surface area contributed by atoms with E-state index in [1.807, 2.05) is 0 Å². The summed E-state index contributed by atoms with van der Waals surface area (Å²) in [5, 5.41) is 0. The molecule has 0 amide bonds. The van der Waals surface area contributed by atoms with Gasteiger partial charge >= 0.3 is 23.6 Å². The van der Waals surface area contributed by atoms with Gasteiger partial charge in [-0.3, -0.25) is 18.7 Å². The van der Waals surface area contributed by atoms with Crippen LogP contribution in [0.25, 0.3) is 0 Å². The van der Waals surface area contributed by atoms with Crippen LogP contribution in [0.5, 0.6) is 0 Å². The van der Waals surface area contributed by atoms with E-state index in [1.54, 1.807) is 65.8 Å². The molecule has 0 unspecified atom stereocenters. The highest BCUT2D eigenvalue weighted by Crippen LogP contribution is 2.10. The summed E-state index contributed by atoms with van der Waals surface area (Å²) in [6, 6.07) is 9.16. The molecule has 0 saturated carbocycles. The van der Waals surface area contributed by atoms with Crippen LogP contribution in [0.1, 0.15) is 129 Å². The minimum atomic E-state index is -1.04. The minimum absolute atomic E-state index is 0.174. The standard InChI is InChI=1S/C40H50N4O8/c1-9-11-13-15-25-41-31(27-33(45)43(35(41)47)37(49)51-39(3,4)5)23-21-29-17-19-30(20-18-29)22-24-32-28-34(46)44(38(50)52-40(6,7)8)36(48)42(32)26-16-14-12-10-2/h17-20,27-28H,9-16,25-26H2,1-8H3. The number of carbonyl (C=O) groups excluding carboxylic acids is 2. The number of hydrogen-bond acceptors (Lipinski definition) is 8. The van der Waals surface area contributed by atoms with Crippen molar-refractivity contribution in [2.45, 2.75) is 131 Å². The predicted octanol–water partition coefficient (Wildman–Crippen LogP) is 5.86. The number of benzene rings is 1. The zero-order valence-corrected chi connectivity index (χ0v) is 31.6. The van der Waals surface area contributed by atoms with Gasteiger partial charge in [0.2, 0.25) is 0 Å². The SMILES string of the molecule is CCCCCCn1c(C#Cc2ccc(C#Cc3cc(=O)n(C(=O)OC(C)(C)C)c(=O)n3CCCCCC)cc2)cc(=O)n(C(=O)OC(C)(C)C)c1=O. The summed E-state index contributed by atoms with van der Waals surface area (Å²) in [7, 11) is 0. The summed E-state index contributed by atoms with van der Waals surface area (Å²) in [6.07, 6.45) is 4.90. The molecular weight excluding hydrogens is 664 g/mol. The highest BCUT2D eigenvalue weighted by Gasteiger charge is 2.24. The van der Waals surface area contributed by atoms with Gasteiger partial charge in [0.05, 0.1) is 0 Å². The molecule has 2 heterocycles. The highest BCUT2D eigenvalue weighted by atomic mass is 16.6. The van der Waals surface area contributed by atoms with Crippen molar-refractivity contribution in [2.24, 2.45) is 0 Å². The van der Waals surface area contributed by atoms with Crippen LogP contribution in [-0.4, -0.2) is 41.7 Å². The lowest BCUT2D eigenvalue weighted by atomic mass is 10.1. The first-order chi connectivity index (χ1) is 24.5. The molecule has 0 fully saturated rings. The second kappa shape index (κ2) is 18.2. The van der Waals surface area contributed by atoms with E-state index < -0.39 is 45.9 Å². The van der Waals surface area contributed by atoms with Crippen LogP contribution in [0.4, 0.5) is 9.59 Å². The molecule has 0 saturated heterocycles. The minimum Gasteiger partial charge on any atom is -0.443 e. The van der Waals surface area contributed by atoms with E-state index in [0.29, 0.717) is 33.1 Å². The van der Waals surface area contributed by atoms with Crippen LogP contribution in [0, 0.1) is 23.7 Å². The quantitative estimate of drug-likeness (QED) is 0.188. The van der Waals surface area contributed by atoms with Crippen LogP contribution in [-0.2, 0) is 22.6 Å². The third-order valence-electron chi connectivity index (χ3n) is 7.56. The molecule has 278 valence electrons. The van der Waals surface area contributed by atoms with Gasteiger partial charge in [-0.1, -0.05) is 64.2 Å². The highest BCUT2D eigenvalue weighted by molar-refractivity contribution is 5.71. The van der Waals surface area contributed by atoms with Gasteiger partial charge < -0.3 is 9.47 Å². The lowest BCUT2D eigenvalue weighted by molar-refractivity contribution is 0.0508. The van der Waals surface area contributed by atoms with Crippen LogP contribution in [0.2, 0.25) is 0 Å². The smallest absolute Gasteiger partial charge is 0.425 e. The topological polar surface area (TPSA) is 141 Å². The molecule has 12 nitrogen and oxygen atoms in total. The molecule has 12 heteroatoms. The van der Waals surface area contributed by atoms with Gasteiger partial charge in [-0.2, -0.15) is 9.13 Å². The summed E-state index contributed by atoms with van der Waals surface area (Å²) in [4.78, 5) is 78.1. The van der Waals surface area contributed by atoms with E-state index in [9.17, 15) is 28.8 Å². The van der Waals surface area contributed by atoms with Crippen molar-refractivity contribution in [1.82, 2.24) is 18.3 Å². The number of aromatic nitrogens is 4. The molecule has 0 bridgehead atoms. The maximum atomic E-state index is 13.4. The van der Waals surface area contributed by atoms with Crippen molar-refractivity contribution in [1.29, 1.82) is 0 Å². The van der Waals surface area contributed by atoms with Crippen LogP contribution in [0.15, 0.2) is 55.6 Å². The normalized spacial score (nSPS) is 11.2. The molecule has 1 aromatic carbocycles. The van der Waals surface area contributed by atoms with Gasteiger partial charge in [-0.05, 0) is 90.5 Å². The molecule has 0 N–H and O–H groups in total. The lowest BCUT2D eigenvalue weighted by Crippen LogP contribution is -2.46. The second-order valence-corrected chi connectivity index (χ2v) is 14.4. The Balaban J connectivity index is 1.98. The summed E-state index contributed by atoms with van der Waals surface area (Å²) in [5.74, 6) is 11.8. The van der Waals surface area contributed by atoms with Crippen molar-refractivity contribution in [3.05, 3.63) is 101 Å².